The van der Waals surface area contributed by atoms with E-state index in [-0.39, 0.29) is 30.9 Å². The first kappa shape index (κ1) is 6.92. The van der Waals surface area contributed by atoms with Gasteiger partial charge in [0, 0.05) is 12.8 Å². The summed E-state index contributed by atoms with van der Waals surface area (Å²) >= 11 is 0. The minimum atomic E-state index is -1.10. The van der Waals surface area contributed by atoms with E-state index in [0.717, 1.165) is 0 Å². The SMILES string of the molecule is O=COC1C(=O)CCC1=O. The Morgan fingerprint density at radius 2 is 1.80 bits per heavy atom. The third-order valence-electron chi connectivity index (χ3n) is 1.39. The van der Waals surface area contributed by atoms with Crippen LogP contribution in [0.1, 0.15) is 12.8 Å². The lowest BCUT2D eigenvalue weighted by atomic mass is 10.3. The second kappa shape index (κ2) is 2.60. The molecule has 0 atom stereocenters. The van der Waals surface area contributed by atoms with Gasteiger partial charge in [-0.15, -0.1) is 0 Å². The molecule has 0 aromatic heterocycles. The highest BCUT2D eigenvalue weighted by molar-refractivity contribution is 6.11. The molecule has 4 heteroatoms. The fourth-order valence-electron chi connectivity index (χ4n) is 0.895. The van der Waals surface area contributed by atoms with Gasteiger partial charge >= 0.3 is 0 Å². The Morgan fingerprint density at radius 1 is 1.30 bits per heavy atom. The van der Waals surface area contributed by atoms with Crippen LogP contribution in [-0.2, 0) is 19.1 Å². The summed E-state index contributed by atoms with van der Waals surface area (Å²) < 4.78 is 4.25. The molecule has 0 amide bonds. The van der Waals surface area contributed by atoms with Gasteiger partial charge in [-0.05, 0) is 0 Å². The predicted octanol–water partition coefficient (Wildman–Crippen LogP) is -0.540. The van der Waals surface area contributed by atoms with E-state index < -0.39 is 6.10 Å². The highest BCUT2D eigenvalue weighted by atomic mass is 16.5. The van der Waals surface area contributed by atoms with Crippen LogP contribution in [-0.4, -0.2) is 24.1 Å². The normalized spacial score (nSPS) is 19.6. The van der Waals surface area contributed by atoms with Gasteiger partial charge in [0.2, 0.25) is 6.10 Å². The first-order valence-electron chi connectivity index (χ1n) is 2.90. The zero-order valence-electron chi connectivity index (χ0n) is 5.20. The Labute approximate surface area is 57.2 Å². The lowest BCUT2D eigenvalue weighted by Gasteiger charge is -2.00. The quantitative estimate of drug-likeness (QED) is 0.383. The highest BCUT2D eigenvalue weighted by Crippen LogP contribution is 2.12. The van der Waals surface area contributed by atoms with Crippen LogP contribution >= 0.6 is 0 Å². The van der Waals surface area contributed by atoms with E-state index in [1.165, 1.54) is 0 Å². The fraction of sp³-hybridized carbons (Fsp3) is 0.500. The number of carbonyl (C=O) groups is 3. The summed E-state index contributed by atoms with van der Waals surface area (Å²) in [5.74, 6) is -0.589. The van der Waals surface area contributed by atoms with Crippen LogP contribution < -0.4 is 0 Å². The smallest absolute Gasteiger partial charge is 0.294 e. The van der Waals surface area contributed by atoms with Crippen molar-refractivity contribution in [1.82, 2.24) is 0 Å². The highest BCUT2D eigenvalue weighted by Gasteiger charge is 2.34. The molecule has 0 radical (unpaired) electrons. The first-order chi connectivity index (χ1) is 4.75. The van der Waals surface area contributed by atoms with Gasteiger partial charge in [-0.25, -0.2) is 0 Å². The van der Waals surface area contributed by atoms with Crippen LogP contribution in [0, 0.1) is 0 Å². The largest absolute Gasteiger partial charge is 0.448 e. The van der Waals surface area contributed by atoms with Crippen molar-refractivity contribution < 1.29 is 19.1 Å². The Hall–Kier alpha value is -1.19. The second-order valence-corrected chi connectivity index (χ2v) is 2.04. The summed E-state index contributed by atoms with van der Waals surface area (Å²) in [5.41, 5.74) is 0. The van der Waals surface area contributed by atoms with Crippen molar-refractivity contribution in [2.45, 2.75) is 18.9 Å². The summed E-state index contributed by atoms with van der Waals surface area (Å²) in [6, 6.07) is 0. The van der Waals surface area contributed by atoms with Crippen molar-refractivity contribution in [1.29, 1.82) is 0 Å². The monoisotopic (exact) mass is 142 g/mol. The van der Waals surface area contributed by atoms with Gasteiger partial charge in [-0.3, -0.25) is 14.4 Å². The molecular weight excluding hydrogens is 136 g/mol. The average Bonchev–Trinajstić information content (AvgIpc) is 2.20. The third-order valence-corrected chi connectivity index (χ3v) is 1.39. The number of carbonyl (C=O) groups excluding carboxylic acids is 3. The number of hydrogen-bond donors (Lipinski definition) is 0. The Kier molecular flexibility index (Phi) is 1.80. The third kappa shape index (κ3) is 1.05. The molecule has 1 saturated carbocycles. The van der Waals surface area contributed by atoms with Gasteiger partial charge in [-0.1, -0.05) is 0 Å². The van der Waals surface area contributed by atoms with Crippen LogP contribution in [0.25, 0.3) is 0 Å². The fourth-order valence-corrected chi connectivity index (χ4v) is 0.895. The van der Waals surface area contributed by atoms with Crippen molar-refractivity contribution in [3.63, 3.8) is 0 Å². The molecule has 0 aromatic carbocycles. The van der Waals surface area contributed by atoms with Crippen LogP contribution in [0.15, 0.2) is 0 Å². The summed E-state index contributed by atoms with van der Waals surface area (Å²) in [4.78, 5) is 31.1. The van der Waals surface area contributed by atoms with E-state index in [1.807, 2.05) is 0 Å². The molecule has 1 aliphatic carbocycles. The van der Waals surface area contributed by atoms with Crippen LogP contribution in [0.4, 0.5) is 0 Å². The van der Waals surface area contributed by atoms with Gasteiger partial charge in [0.25, 0.3) is 6.47 Å². The van der Waals surface area contributed by atoms with Gasteiger partial charge in [0.05, 0.1) is 0 Å². The number of ketones is 2. The van der Waals surface area contributed by atoms with E-state index in [0.29, 0.717) is 0 Å². The van der Waals surface area contributed by atoms with Crippen molar-refractivity contribution in [2.24, 2.45) is 0 Å². The summed E-state index contributed by atoms with van der Waals surface area (Å²) in [5, 5.41) is 0. The summed E-state index contributed by atoms with van der Waals surface area (Å²) in [6.45, 7) is 0.131. The predicted molar refractivity (Wildman–Crippen MR) is 30.2 cm³/mol. The molecule has 0 saturated heterocycles. The zero-order valence-corrected chi connectivity index (χ0v) is 5.20. The lowest BCUT2D eigenvalue weighted by molar-refractivity contribution is -0.147. The summed E-state index contributed by atoms with van der Waals surface area (Å²) in [7, 11) is 0. The lowest BCUT2D eigenvalue weighted by Crippen LogP contribution is -2.24. The van der Waals surface area contributed by atoms with Crippen molar-refractivity contribution >= 4 is 18.0 Å². The first-order valence-corrected chi connectivity index (χ1v) is 2.90. The van der Waals surface area contributed by atoms with E-state index in [1.54, 1.807) is 0 Å². The maximum atomic E-state index is 10.7. The number of Topliss-reactive ketones (excluding diaryl/α,β-unsaturated/α-hetero) is 2. The molecule has 1 fully saturated rings. The molecule has 1 aliphatic rings. The minimum absolute atomic E-state index is 0.131. The molecule has 0 aromatic rings. The molecule has 0 heterocycles. The molecule has 0 bridgehead atoms. The van der Waals surface area contributed by atoms with Crippen LogP contribution in [0.3, 0.4) is 0 Å². The summed E-state index contributed by atoms with van der Waals surface area (Å²) in [6.07, 6.45) is -0.688. The Morgan fingerprint density at radius 3 is 2.20 bits per heavy atom. The topological polar surface area (TPSA) is 60.4 Å². The molecule has 0 unspecified atom stereocenters. The molecule has 0 aliphatic heterocycles. The van der Waals surface area contributed by atoms with E-state index in [4.69, 9.17) is 0 Å². The van der Waals surface area contributed by atoms with Crippen LogP contribution in [0.2, 0.25) is 0 Å². The maximum Gasteiger partial charge on any atom is 0.294 e. The van der Waals surface area contributed by atoms with Gasteiger partial charge in [-0.2, -0.15) is 0 Å². The van der Waals surface area contributed by atoms with Crippen LogP contribution in [0.5, 0.6) is 0 Å². The van der Waals surface area contributed by atoms with Gasteiger partial charge < -0.3 is 4.74 Å². The standard InChI is InChI=1S/C6H6O4/c7-3-10-6-4(8)1-2-5(6)9/h3,6H,1-2H2. The Balaban J connectivity index is 2.62. The van der Waals surface area contributed by atoms with E-state index in [9.17, 15) is 14.4 Å². The molecular formula is C6H6O4. The van der Waals surface area contributed by atoms with Crippen molar-refractivity contribution in [3.05, 3.63) is 0 Å². The minimum Gasteiger partial charge on any atom is -0.448 e. The van der Waals surface area contributed by atoms with Crippen molar-refractivity contribution in [3.8, 4) is 0 Å². The number of rotatable bonds is 2. The molecule has 0 spiro atoms. The molecule has 1 rings (SSSR count). The second-order valence-electron chi connectivity index (χ2n) is 2.04. The van der Waals surface area contributed by atoms with E-state index >= 15 is 0 Å². The van der Waals surface area contributed by atoms with Gasteiger partial charge in [0.1, 0.15) is 0 Å². The average molecular weight is 142 g/mol. The maximum absolute atomic E-state index is 10.7. The number of hydrogen-bond acceptors (Lipinski definition) is 4. The zero-order chi connectivity index (χ0) is 7.56. The van der Waals surface area contributed by atoms with Gasteiger partial charge in [0.15, 0.2) is 11.6 Å². The Bertz CT molecular complexity index is 168. The van der Waals surface area contributed by atoms with E-state index in [2.05, 4.69) is 4.74 Å². The molecule has 4 nitrogen and oxygen atoms in total. The van der Waals surface area contributed by atoms with Crippen molar-refractivity contribution in [2.75, 3.05) is 0 Å². The molecule has 10 heavy (non-hydrogen) atoms. The number of ether oxygens (including phenoxy) is 1. The molecule has 0 N–H and O–H groups in total. The molecule has 54 valence electrons.